The molecule has 0 bridgehead atoms. The third-order valence-electron chi connectivity index (χ3n) is 4.16. The lowest BCUT2D eigenvalue weighted by Crippen LogP contribution is -2.48. The molecule has 3 rings (SSSR count). The van der Waals surface area contributed by atoms with E-state index < -0.39 is 0 Å². The third-order valence-corrected chi connectivity index (χ3v) is 4.16. The minimum Gasteiger partial charge on any atom is -0.289 e. The lowest BCUT2D eigenvalue weighted by Gasteiger charge is -2.34. The van der Waals surface area contributed by atoms with Crippen LogP contribution in [0.5, 0.6) is 0 Å². The van der Waals surface area contributed by atoms with Crippen LogP contribution in [0.4, 0.5) is 5.69 Å². The molecule has 2 fully saturated rings. The second-order valence-corrected chi connectivity index (χ2v) is 4.76. The summed E-state index contributed by atoms with van der Waals surface area (Å²) in [5.74, 6) is 0. The Morgan fingerprint density at radius 3 is 2.21 bits per heavy atom. The van der Waals surface area contributed by atoms with Gasteiger partial charge in [0.1, 0.15) is 5.69 Å². The lowest BCUT2D eigenvalue weighted by atomic mass is 10.1. The third kappa shape index (κ3) is 1.05. The molecule has 0 saturated carbocycles. The summed E-state index contributed by atoms with van der Waals surface area (Å²) in [5, 5.41) is 0. The summed E-state index contributed by atoms with van der Waals surface area (Å²) in [5.41, 5.74) is 1.56. The molecule has 1 aromatic carbocycles. The summed E-state index contributed by atoms with van der Waals surface area (Å²) < 4.78 is 1.31. The molecule has 0 unspecified atom stereocenters. The number of rotatable bonds is 1. The molecule has 0 atom stereocenters. The zero-order valence-corrected chi connectivity index (χ0v) is 8.65. The highest BCUT2D eigenvalue weighted by atomic mass is 15.4. The molecule has 1 heteroatoms. The first kappa shape index (κ1) is 8.49. The van der Waals surface area contributed by atoms with E-state index >= 15 is 0 Å². The molecule has 2 heterocycles. The summed E-state index contributed by atoms with van der Waals surface area (Å²) in [6, 6.07) is 12.1. The van der Waals surface area contributed by atoms with E-state index in [4.69, 9.17) is 0 Å². The van der Waals surface area contributed by atoms with E-state index in [0.717, 1.165) is 6.04 Å². The van der Waals surface area contributed by atoms with E-state index in [2.05, 4.69) is 30.3 Å². The Morgan fingerprint density at radius 2 is 1.57 bits per heavy atom. The van der Waals surface area contributed by atoms with Crippen LogP contribution in [0.15, 0.2) is 30.3 Å². The maximum atomic E-state index is 2.32. The first-order valence-electron chi connectivity index (χ1n) is 5.84. The van der Waals surface area contributed by atoms with Gasteiger partial charge in [0, 0.05) is 25.7 Å². The summed E-state index contributed by atoms with van der Waals surface area (Å²) in [6.45, 7) is 2.77. The van der Waals surface area contributed by atoms with Crippen LogP contribution in [0.2, 0.25) is 0 Å². The fourth-order valence-corrected chi connectivity index (χ4v) is 3.53. The summed E-state index contributed by atoms with van der Waals surface area (Å²) in [6.07, 6.45) is 5.77. The van der Waals surface area contributed by atoms with Crippen molar-refractivity contribution in [1.29, 1.82) is 0 Å². The van der Waals surface area contributed by atoms with Crippen molar-refractivity contribution < 1.29 is 0 Å². The molecular weight excluding hydrogens is 170 g/mol. The van der Waals surface area contributed by atoms with Crippen LogP contribution >= 0.6 is 0 Å². The predicted molar refractivity (Wildman–Crippen MR) is 60.2 cm³/mol. The maximum absolute atomic E-state index is 2.32. The van der Waals surface area contributed by atoms with Crippen molar-refractivity contribution in [1.82, 2.24) is 4.48 Å². The number of nitrogens with zero attached hydrogens (tertiary/aromatic N) is 1. The van der Waals surface area contributed by atoms with E-state index in [9.17, 15) is 0 Å². The van der Waals surface area contributed by atoms with Gasteiger partial charge in [-0.05, 0) is 12.1 Å². The Hall–Kier alpha value is -0.820. The van der Waals surface area contributed by atoms with Crippen LogP contribution in [0.1, 0.15) is 25.7 Å². The monoisotopic (exact) mass is 188 g/mol. The van der Waals surface area contributed by atoms with Gasteiger partial charge in [0.2, 0.25) is 0 Å². The SMILES string of the molecule is c1ccc([N+]23CCCC2CCC3)cc1. The lowest BCUT2D eigenvalue weighted by molar-refractivity contribution is 0.319. The number of benzene rings is 1. The Kier molecular flexibility index (Phi) is 1.88. The molecule has 0 radical (unpaired) electrons. The fourth-order valence-electron chi connectivity index (χ4n) is 3.53. The topological polar surface area (TPSA) is 0 Å². The highest BCUT2D eigenvalue weighted by molar-refractivity contribution is 5.45. The molecule has 14 heavy (non-hydrogen) atoms. The van der Waals surface area contributed by atoms with Crippen LogP contribution in [0.25, 0.3) is 0 Å². The van der Waals surface area contributed by atoms with Gasteiger partial charge in [-0.15, -0.1) is 0 Å². The molecule has 1 nitrogen and oxygen atoms in total. The van der Waals surface area contributed by atoms with Gasteiger partial charge in [-0.3, -0.25) is 4.48 Å². The van der Waals surface area contributed by atoms with Gasteiger partial charge >= 0.3 is 0 Å². The molecule has 0 amide bonds. The molecule has 2 aliphatic rings. The highest BCUT2D eigenvalue weighted by Gasteiger charge is 2.46. The van der Waals surface area contributed by atoms with Gasteiger partial charge < -0.3 is 0 Å². The summed E-state index contributed by atoms with van der Waals surface area (Å²) in [4.78, 5) is 0. The molecule has 1 aromatic rings. The van der Waals surface area contributed by atoms with E-state index in [1.54, 1.807) is 5.69 Å². The number of para-hydroxylation sites is 1. The van der Waals surface area contributed by atoms with Crippen molar-refractivity contribution in [3.8, 4) is 0 Å². The Bertz CT molecular complexity index is 307. The fraction of sp³-hybridized carbons (Fsp3) is 0.538. The predicted octanol–water partition coefficient (Wildman–Crippen LogP) is 2.95. The van der Waals surface area contributed by atoms with E-state index in [1.807, 2.05) is 0 Å². The minimum atomic E-state index is 0.942. The molecule has 0 aliphatic carbocycles. The van der Waals surface area contributed by atoms with E-state index in [0.29, 0.717) is 0 Å². The quantitative estimate of drug-likeness (QED) is 0.594. The van der Waals surface area contributed by atoms with Gasteiger partial charge in [-0.2, -0.15) is 0 Å². The largest absolute Gasteiger partial charge is 0.289 e. The Balaban J connectivity index is 2.03. The second kappa shape index (κ2) is 3.09. The summed E-state index contributed by atoms with van der Waals surface area (Å²) >= 11 is 0. The van der Waals surface area contributed by atoms with Crippen LogP contribution < -0.4 is 4.48 Å². The summed E-state index contributed by atoms with van der Waals surface area (Å²) in [7, 11) is 0. The second-order valence-electron chi connectivity index (χ2n) is 4.76. The average molecular weight is 188 g/mol. The average Bonchev–Trinajstić information content (AvgIpc) is 2.77. The van der Waals surface area contributed by atoms with Crippen LogP contribution in [0.3, 0.4) is 0 Å². The van der Waals surface area contributed by atoms with Crippen LogP contribution in [-0.2, 0) is 0 Å². The van der Waals surface area contributed by atoms with Gasteiger partial charge in [0.15, 0.2) is 0 Å². The van der Waals surface area contributed by atoms with Gasteiger partial charge in [-0.1, -0.05) is 18.2 Å². The zero-order valence-electron chi connectivity index (χ0n) is 8.65. The van der Waals surface area contributed by atoms with Crippen LogP contribution in [0, 0.1) is 0 Å². The molecule has 0 aromatic heterocycles. The first-order valence-corrected chi connectivity index (χ1v) is 5.84. The van der Waals surface area contributed by atoms with E-state index in [-0.39, 0.29) is 0 Å². The van der Waals surface area contributed by atoms with Crippen LogP contribution in [-0.4, -0.2) is 19.1 Å². The molecular formula is C13H18N+. The molecule has 74 valence electrons. The number of hydrogen-bond acceptors (Lipinski definition) is 0. The normalized spacial score (nSPS) is 35.9. The molecule has 0 spiro atoms. The molecule has 2 aliphatic heterocycles. The van der Waals surface area contributed by atoms with Crippen molar-refractivity contribution in [2.75, 3.05) is 13.1 Å². The van der Waals surface area contributed by atoms with Crippen molar-refractivity contribution in [2.45, 2.75) is 31.7 Å². The standard InChI is InChI=1S/C13H18N/c1-2-6-12(7-3-1)14-10-4-8-13(14)9-5-11-14/h1-3,6-7,13H,4-5,8-11H2/q+1. The van der Waals surface area contributed by atoms with Crippen molar-refractivity contribution >= 4 is 5.69 Å². The van der Waals surface area contributed by atoms with Gasteiger partial charge in [0.05, 0.1) is 19.1 Å². The number of fused-ring (bicyclic) bond motifs is 1. The number of quaternary nitrogens is 1. The Labute approximate surface area is 85.9 Å². The van der Waals surface area contributed by atoms with Crippen molar-refractivity contribution in [3.05, 3.63) is 30.3 Å². The molecule has 0 N–H and O–H groups in total. The minimum absolute atomic E-state index is 0.942. The Morgan fingerprint density at radius 1 is 0.929 bits per heavy atom. The molecule has 2 saturated heterocycles. The van der Waals surface area contributed by atoms with Gasteiger partial charge in [-0.25, -0.2) is 0 Å². The zero-order chi connectivity index (χ0) is 9.43. The van der Waals surface area contributed by atoms with Crippen molar-refractivity contribution in [3.63, 3.8) is 0 Å². The van der Waals surface area contributed by atoms with E-state index in [1.165, 1.54) is 43.3 Å². The smallest absolute Gasteiger partial charge is 0.133 e. The first-order chi connectivity index (χ1) is 6.92. The number of hydrogen-bond donors (Lipinski definition) is 0. The maximum Gasteiger partial charge on any atom is 0.133 e. The van der Waals surface area contributed by atoms with Crippen molar-refractivity contribution in [2.24, 2.45) is 0 Å². The van der Waals surface area contributed by atoms with Gasteiger partial charge in [0.25, 0.3) is 0 Å². The highest BCUT2D eigenvalue weighted by Crippen LogP contribution is 2.40.